The summed E-state index contributed by atoms with van der Waals surface area (Å²) >= 11 is 0. The summed E-state index contributed by atoms with van der Waals surface area (Å²) in [6, 6.07) is 0. The first-order chi connectivity index (χ1) is 7.65. The molecule has 3 rings (SSSR count). The van der Waals surface area contributed by atoms with Gasteiger partial charge in [0.1, 0.15) is 5.69 Å². The number of nitrogen functional groups attached to an aromatic ring is 1. The van der Waals surface area contributed by atoms with Crippen molar-refractivity contribution >= 4 is 17.1 Å². The summed E-state index contributed by atoms with van der Waals surface area (Å²) in [7, 11) is 0. The lowest BCUT2D eigenvalue weighted by Gasteiger charge is -2.00. The number of hydrogen-bond acceptors (Lipinski definition) is 5. The Morgan fingerprint density at radius 1 is 1.12 bits per heavy atom. The van der Waals surface area contributed by atoms with Crippen LogP contribution in [-0.2, 0) is 0 Å². The van der Waals surface area contributed by atoms with Crippen LogP contribution in [0.1, 0.15) is 24.5 Å². The van der Waals surface area contributed by atoms with Crippen molar-refractivity contribution < 1.29 is 0 Å². The number of hydrogen-bond donors (Lipinski definition) is 3. The molecule has 2 heterocycles. The molecular weight excluding hydrogens is 210 g/mol. The predicted octanol–water partition coefficient (Wildman–Crippen LogP) is -0.534. The quantitative estimate of drug-likeness (QED) is 0.595. The summed E-state index contributed by atoms with van der Waals surface area (Å²) in [5.74, 6) is 0.152. The summed E-state index contributed by atoms with van der Waals surface area (Å²) in [6.07, 6.45) is 1.89. The summed E-state index contributed by atoms with van der Waals surface area (Å²) in [5.41, 5.74) is 5.34. The summed E-state index contributed by atoms with van der Waals surface area (Å²) < 4.78 is 0. The highest BCUT2D eigenvalue weighted by Crippen LogP contribution is 2.37. The van der Waals surface area contributed by atoms with E-state index in [0.717, 1.165) is 12.8 Å². The topological polar surface area (TPSA) is 118 Å². The molecule has 16 heavy (non-hydrogen) atoms. The number of nitrogens with two attached hydrogens (primary N) is 1. The first-order valence-corrected chi connectivity index (χ1v) is 4.95. The largest absolute Gasteiger partial charge is 0.369 e. The van der Waals surface area contributed by atoms with Crippen LogP contribution in [0.5, 0.6) is 0 Å². The number of rotatable bonds is 1. The predicted molar refractivity (Wildman–Crippen MR) is 57.2 cm³/mol. The molecule has 1 saturated carbocycles. The third-order valence-corrected chi connectivity index (χ3v) is 2.57. The zero-order valence-corrected chi connectivity index (χ0v) is 8.28. The van der Waals surface area contributed by atoms with Gasteiger partial charge in [-0.1, -0.05) is 0 Å². The van der Waals surface area contributed by atoms with E-state index in [1.807, 2.05) is 0 Å². The first kappa shape index (κ1) is 9.08. The molecule has 7 nitrogen and oxygen atoms in total. The van der Waals surface area contributed by atoms with Crippen LogP contribution in [0.4, 0.5) is 5.95 Å². The maximum atomic E-state index is 11.6. The molecule has 0 radical (unpaired) electrons. The van der Waals surface area contributed by atoms with E-state index in [-0.39, 0.29) is 28.6 Å². The van der Waals surface area contributed by atoms with Crippen molar-refractivity contribution in [3.63, 3.8) is 0 Å². The molecule has 0 spiro atoms. The zero-order chi connectivity index (χ0) is 11.3. The van der Waals surface area contributed by atoms with E-state index >= 15 is 0 Å². The molecule has 1 fully saturated rings. The van der Waals surface area contributed by atoms with Gasteiger partial charge in [0.25, 0.3) is 11.1 Å². The van der Waals surface area contributed by atoms with Gasteiger partial charge in [-0.25, -0.2) is 4.98 Å². The van der Waals surface area contributed by atoms with Crippen LogP contribution in [0.2, 0.25) is 0 Å². The van der Waals surface area contributed by atoms with Gasteiger partial charge < -0.3 is 10.7 Å². The third-order valence-electron chi connectivity index (χ3n) is 2.57. The van der Waals surface area contributed by atoms with E-state index in [2.05, 4.69) is 19.9 Å². The maximum absolute atomic E-state index is 11.6. The fraction of sp³-hybridized carbons (Fsp3) is 0.333. The number of aromatic nitrogens is 4. The van der Waals surface area contributed by atoms with Crippen LogP contribution < -0.4 is 16.9 Å². The lowest BCUT2D eigenvalue weighted by atomic mass is 10.3. The minimum atomic E-state index is -0.430. The van der Waals surface area contributed by atoms with Gasteiger partial charge in [-0.2, -0.15) is 4.98 Å². The highest BCUT2D eigenvalue weighted by Gasteiger charge is 2.28. The molecule has 0 saturated heterocycles. The number of H-pyrrole nitrogens is 2. The normalized spacial score (nSPS) is 15.5. The van der Waals surface area contributed by atoms with E-state index in [0.29, 0.717) is 5.69 Å². The van der Waals surface area contributed by atoms with Gasteiger partial charge in [0.05, 0.1) is 0 Å². The molecule has 0 aliphatic heterocycles. The van der Waals surface area contributed by atoms with Crippen molar-refractivity contribution in [2.75, 3.05) is 5.73 Å². The van der Waals surface area contributed by atoms with Crippen molar-refractivity contribution in [3.05, 3.63) is 26.4 Å². The SMILES string of the molecule is Nc1nc2[nH]c(=O)c(C3CC3)nc2c(=O)[nH]1. The molecule has 1 aliphatic carbocycles. The smallest absolute Gasteiger partial charge is 0.280 e. The zero-order valence-electron chi connectivity index (χ0n) is 8.28. The fourth-order valence-electron chi connectivity index (χ4n) is 1.65. The number of nitrogens with zero attached hydrogens (tertiary/aromatic N) is 2. The van der Waals surface area contributed by atoms with Gasteiger partial charge in [0.15, 0.2) is 11.2 Å². The van der Waals surface area contributed by atoms with Crippen molar-refractivity contribution in [2.24, 2.45) is 0 Å². The monoisotopic (exact) mass is 219 g/mol. The first-order valence-electron chi connectivity index (χ1n) is 4.95. The molecule has 0 amide bonds. The Morgan fingerprint density at radius 2 is 1.88 bits per heavy atom. The molecule has 1 aliphatic rings. The second-order valence-corrected chi connectivity index (χ2v) is 3.87. The highest BCUT2D eigenvalue weighted by atomic mass is 16.1. The van der Waals surface area contributed by atoms with Crippen LogP contribution in [0.25, 0.3) is 11.2 Å². The van der Waals surface area contributed by atoms with E-state index in [1.165, 1.54) is 0 Å². The molecule has 0 bridgehead atoms. The van der Waals surface area contributed by atoms with Gasteiger partial charge >= 0.3 is 0 Å². The van der Waals surface area contributed by atoms with Crippen LogP contribution in [0, 0.1) is 0 Å². The Kier molecular flexibility index (Phi) is 1.65. The number of aromatic amines is 2. The average Bonchev–Trinajstić information content (AvgIpc) is 2.99. The lowest BCUT2D eigenvalue weighted by Crippen LogP contribution is -2.21. The van der Waals surface area contributed by atoms with Crippen molar-refractivity contribution in [2.45, 2.75) is 18.8 Å². The second-order valence-electron chi connectivity index (χ2n) is 3.87. The minimum Gasteiger partial charge on any atom is -0.369 e. The molecule has 2 aromatic heterocycles. The van der Waals surface area contributed by atoms with Crippen LogP contribution in [0.15, 0.2) is 9.59 Å². The number of fused-ring (bicyclic) bond motifs is 1. The lowest BCUT2D eigenvalue weighted by molar-refractivity contribution is 0.966. The van der Waals surface area contributed by atoms with Gasteiger partial charge in [0, 0.05) is 5.92 Å². The van der Waals surface area contributed by atoms with Crippen molar-refractivity contribution in [1.29, 1.82) is 0 Å². The van der Waals surface area contributed by atoms with E-state index in [1.54, 1.807) is 0 Å². The number of nitrogens with one attached hydrogen (secondary N) is 2. The third kappa shape index (κ3) is 1.28. The molecular formula is C9H9N5O2. The Morgan fingerprint density at radius 3 is 2.56 bits per heavy atom. The van der Waals surface area contributed by atoms with E-state index in [4.69, 9.17) is 5.73 Å². The second kappa shape index (κ2) is 2.91. The molecule has 0 atom stereocenters. The van der Waals surface area contributed by atoms with E-state index < -0.39 is 5.56 Å². The molecule has 0 aromatic carbocycles. The van der Waals surface area contributed by atoms with Crippen LogP contribution >= 0.6 is 0 Å². The molecule has 4 N–H and O–H groups in total. The average molecular weight is 219 g/mol. The molecule has 0 unspecified atom stereocenters. The van der Waals surface area contributed by atoms with Crippen LogP contribution in [-0.4, -0.2) is 19.9 Å². The Bertz CT molecular complexity index is 682. The van der Waals surface area contributed by atoms with Crippen molar-refractivity contribution in [3.8, 4) is 0 Å². The van der Waals surface area contributed by atoms with Gasteiger partial charge in [-0.3, -0.25) is 14.6 Å². The summed E-state index contributed by atoms with van der Waals surface area (Å²) in [5, 5.41) is 0. The van der Waals surface area contributed by atoms with Gasteiger partial charge in [-0.05, 0) is 12.8 Å². The highest BCUT2D eigenvalue weighted by molar-refractivity contribution is 5.69. The number of anilines is 1. The van der Waals surface area contributed by atoms with Gasteiger partial charge in [0.2, 0.25) is 5.95 Å². The Balaban J connectivity index is 2.39. The minimum absolute atomic E-state index is 0.0332. The summed E-state index contributed by atoms with van der Waals surface area (Å²) in [6.45, 7) is 0. The fourth-order valence-corrected chi connectivity index (χ4v) is 1.65. The maximum Gasteiger partial charge on any atom is 0.280 e. The standard InChI is InChI=1S/C9H9N5O2/c10-9-13-6-5(8(16)14-9)11-4(3-1-2-3)7(15)12-6/h3H,1-2H2,(H4,10,12,13,14,15,16). The van der Waals surface area contributed by atoms with E-state index in [9.17, 15) is 9.59 Å². The Hall–Kier alpha value is -2.18. The van der Waals surface area contributed by atoms with Crippen LogP contribution in [0.3, 0.4) is 0 Å². The van der Waals surface area contributed by atoms with Crippen molar-refractivity contribution in [1.82, 2.24) is 19.9 Å². The molecule has 82 valence electrons. The molecule has 7 heteroatoms. The van der Waals surface area contributed by atoms with Gasteiger partial charge in [-0.15, -0.1) is 0 Å². The molecule has 2 aromatic rings. The summed E-state index contributed by atoms with van der Waals surface area (Å²) in [4.78, 5) is 35.9. The Labute approximate surface area is 88.7 Å².